The second-order valence-corrected chi connectivity index (χ2v) is 7.18. The molecule has 0 saturated heterocycles. The third-order valence-corrected chi connectivity index (χ3v) is 4.48. The van der Waals surface area contributed by atoms with E-state index in [1.165, 1.54) is 13.0 Å². The van der Waals surface area contributed by atoms with Crippen molar-refractivity contribution in [1.29, 1.82) is 5.26 Å². The van der Waals surface area contributed by atoms with Crippen LogP contribution in [0.15, 0.2) is 36.4 Å². The van der Waals surface area contributed by atoms with Gasteiger partial charge in [0.25, 0.3) is 5.91 Å². The summed E-state index contributed by atoms with van der Waals surface area (Å²) in [4.78, 5) is 12.4. The maximum absolute atomic E-state index is 14.7. The molecule has 0 bridgehead atoms. The number of aryl methyl sites for hydroxylation is 1. The predicted molar refractivity (Wildman–Crippen MR) is 110 cm³/mol. The van der Waals surface area contributed by atoms with Gasteiger partial charge in [-0.05, 0) is 54.7 Å². The van der Waals surface area contributed by atoms with Crippen molar-refractivity contribution < 1.29 is 36.9 Å². The Hall–Kier alpha value is -3.26. The molecule has 170 valence electrons. The molecule has 1 amide bonds. The van der Waals surface area contributed by atoms with E-state index in [9.17, 15) is 32.6 Å². The second-order valence-electron chi connectivity index (χ2n) is 7.18. The van der Waals surface area contributed by atoms with Gasteiger partial charge in [-0.1, -0.05) is 19.4 Å². The lowest BCUT2D eigenvalue weighted by molar-refractivity contribution is -0.274. The molecular weight excluding hydrogens is 431 g/mol. The van der Waals surface area contributed by atoms with E-state index in [4.69, 9.17) is 4.74 Å². The van der Waals surface area contributed by atoms with Crippen LogP contribution in [-0.2, 0) is 6.42 Å². The lowest BCUT2D eigenvalue weighted by Gasteiger charge is -2.24. The fraction of sp³-hybridized carbons (Fsp3) is 0.333. The molecule has 6 nitrogen and oxygen atoms in total. The lowest BCUT2D eigenvalue weighted by Crippen LogP contribution is -2.49. The van der Waals surface area contributed by atoms with Crippen molar-refractivity contribution in [3.63, 3.8) is 0 Å². The number of amides is 1. The van der Waals surface area contributed by atoms with Gasteiger partial charge in [0.15, 0.2) is 17.1 Å². The van der Waals surface area contributed by atoms with Gasteiger partial charge in [-0.3, -0.25) is 4.79 Å². The van der Waals surface area contributed by atoms with Crippen LogP contribution < -0.4 is 20.3 Å². The van der Waals surface area contributed by atoms with Crippen LogP contribution in [-0.4, -0.2) is 36.9 Å². The lowest BCUT2D eigenvalue weighted by atomic mass is 9.82. The van der Waals surface area contributed by atoms with Crippen molar-refractivity contribution in [2.75, 3.05) is 6.61 Å². The van der Waals surface area contributed by atoms with Crippen LogP contribution in [0.5, 0.6) is 11.5 Å². The molecule has 2 N–H and O–H groups in total. The SMILES string of the molecule is CCCc1ccc(OCC(C)(C#N)NC(=O)c2ccc(OC(F)(F)F)cc2)c(F)c1BO. The van der Waals surface area contributed by atoms with Gasteiger partial charge >= 0.3 is 13.8 Å². The Balaban J connectivity index is 2.09. The summed E-state index contributed by atoms with van der Waals surface area (Å²) in [7, 11) is -0.515. The Morgan fingerprint density at radius 3 is 2.41 bits per heavy atom. The molecule has 0 radical (unpaired) electrons. The number of benzene rings is 2. The summed E-state index contributed by atoms with van der Waals surface area (Å²) in [6, 6.07) is 9.02. The molecule has 2 rings (SSSR count). The van der Waals surface area contributed by atoms with Crippen molar-refractivity contribution in [3.8, 4) is 17.6 Å². The summed E-state index contributed by atoms with van der Waals surface area (Å²) in [6.07, 6.45) is -3.53. The minimum Gasteiger partial charge on any atom is -0.487 e. The Bertz CT molecular complexity index is 993. The van der Waals surface area contributed by atoms with E-state index in [1.807, 2.05) is 13.0 Å². The second kappa shape index (κ2) is 10.4. The number of ether oxygens (including phenoxy) is 2. The van der Waals surface area contributed by atoms with Gasteiger partial charge in [0, 0.05) is 5.56 Å². The zero-order valence-electron chi connectivity index (χ0n) is 17.4. The quantitative estimate of drug-likeness (QED) is 0.451. The van der Waals surface area contributed by atoms with Gasteiger partial charge in [0.05, 0.1) is 6.07 Å². The van der Waals surface area contributed by atoms with Gasteiger partial charge in [0.2, 0.25) is 0 Å². The van der Waals surface area contributed by atoms with Crippen molar-refractivity contribution in [3.05, 3.63) is 53.3 Å². The van der Waals surface area contributed by atoms with E-state index in [1.54, 1.807) is 6.07 Å². The summed E-state index contributed by atoms with van der Waals surface area (Å²) in [6.45, 7) is 2.85. The van der Waals surface area contributed by atoms with E-state index in [-0.39, 0.29) is 16.8 Å². The molecule has 32 heavy (non-hydrogen) atoms. The molecule has 0 saturated carbocycles. The highest BCUT2D eigenvalue weighted by Crippen LogP contribution is 2.23. The maximum atomic E-state index is 14.7. The molecule has 1 unspecified atom stereocenters. The smallest absolute Gasteiger partial charge is 0.487 e. The van der Waals surface area contributed by atoms with E-state index in [2.05, 4.69) is 10.1 Å². The van der Waals surface area contributed by atoms with E-state index < -0.39 is 43.5 Å². The largest absolute Gasteiger partial charge is 0.573 e. The van der Waals surface area contributed by atoms with E-state index in [0.29, 0.717) is 12.0 Å². The fourth-order valence-corrected chi connectivity index (χ4v) is 2.87. The number of nitrogens with zero attached hydrogens (tertiary/aromatic N) is 1. The van der Waals surface area contributed by atoms with Crippen LogP contribution in [0.25, 0.3) is 0 Å². The number of nitrogens with one attached hydrogen (secondary N) is 1. The molecular formula is C21H21BF4N2O4. The normalized spacial score (nSPS) is 12.9. The van der Waals surface area contributed by atoms with Crippen LogP contribution in [0.3, 0.4) is 0 Å². The van der Waals surface area contributed by atoms with Crippen LogP contribution >= 0.6 is 0 Å². The Morgan fingerprint density at radius 2 is 1.88 bits per heavy atom. The number of rotatable bonds is 9. The van der Waals surface area contributed by atoms with Gasteiger partial charge in [-0.25, -0.2) is 4.39 Å². The highest BCUT2D eigenvalue weighted by Gasteiger charge is 2.32. The molecule has 0 aliphatic heterocycles. The topological polar surface area (TPSA) is 91.6 Å². The maximum Gasteiger partial charge on any atom is 0.573 e. The van der Waals surface area contributed by atoms with Gasteiger partial charge in [-0.15, -0.1) is 13.2 Å². The van der Waals surface area contributed by atoms with Crippen molar-refractivity contribution in [2.45, 2.75) is 38.6 Å². The van der Waals surface area contributed by atoms with Crippen molar-refractivity contribution >= 4 is 18.9 Å². The minimum atomic E-state index is -4.86. The molecule has 0 heterocycles. The van der Waals surface area contributed by atoms with Crippen LogP contribution in [0.2, 0.25) is 0 Å². The highest BCUT2D eigenvalue weighted by atomic mass is 19.4. The summed E-state index contributed by atoms with van der Waals surface area (Å²) in [5, 5.41) is 21.4. The first-order valence-corrected chi connectivity index (χ1v) is 9.65. The summed E-state index contributed by atoms with van der Waals surface area (Å²) in [5.74, 6) is -2.17. The Morgan fingerprint density at radius 1 is 1.22 bits per heavy atom. The van der Waals surface area contributed by atoms with Crippen LogP contribution in [0.4, 0.5) is 17.6 Å². The van der Waals surface area contributed by atoms with Crippen molar-refractivity contribution in [2.24, 2.45) is 0 Å². The first kappa shape index (κ1) is 25.0. The van der Waals surface area contributed by atoms with E-state index >= 15 is 0 Å². The summed E-state index contributed by atoms with van der Waals surface area (Å²) < 4.78 is 60.5. The minimum absolute atomic E-state index is 0.0151. The Labute approximate surface area is 183 Å². The third-order valence-electron chi connectivity index (χ3n) is 4.48. The molecule has 2 aromatic carbocycles. The fourth-order valence-electron chi connectivity index (χ4n) is 2.87. The molecule has 0 aromatic heterocycles. The number of nitriles is 1. The first-order valence-electron chi connectivity index (χ1n) is 9.65. The summed E-state index contributed by atoms with van der Waals surface area (Å²) >= 11 is 0. The zero-order valence-corrected chi connectivity index (χ0v) is 17.4. The van der Waals surface area contributed by atoms with Crippen LogP contribution in [0.1, 0.15) is 36.2 Å². The number of hydrogen-bond acceptors (Lipinski definition) is 5. The molecule has 0 fully saturated rings. The predicted octanol–water partition coefficient (Wildman–Crippen LogP) is 2.74. The van der Waals surface area contributed by atoms with Crippen LogP contribution in [0, 0.1) is 17.1 Å². The summed E-state index contributed by atoms with van der Waals surface area (Å²) in [5.41, 5.74) is -0.840. The molecule has 0 aliphatic rings. The molecule has 0 aliphatic carbocycles. The number of carbonyl (C=O) groups is 1. The van der Waals surface area contributed by atoms with Crippen molar-refractivity contribution in [1.82, 2.24) is 5.32 Å². The van der Waals surface area contributed by atoms with Gasteiger partial charge in [0.1, 0.15) is 12.4 Å². The van der Waals surface area contributed by atoms with Gasteiger partial charge < -0.3 is 19.8 Å². The average Bonchev–Trinajstić information content (AvgIpc) is 2.73. The Kier molecular flexibility index (Phi) is 8.11. The third kappa shape index (κ3) is 6.62. The molecule has 0 spiro atoms. The number of hydrogen-bond donors (Lipinski definition) is 2. The number of alkyl halides is 3. The number of halogens is 4. The monoisotopic (exact) mass is 452 g/mol. The van der Waals surface area contributed by atoms with Gasteiger partial charge in [-0.2, -0.15) is 5.26 Å². The number of carbonyl (C=O) groups excluding carboxylic acids is 1. The molecule has 1 atom stereocenters. The zero-order chi connectivity index (χ0) is 23.9. The standard InChI is InChI=1S/C21H21BF4N2O4/c1-3-4-13-7-10-16(18(23)17(13)22-30)31-12-20(2,11-27)28-19(29)14-5-8-15(9-6-14)32-21(24,25)26/h5-10,22,30H,3-4,12H2,1-2H3,(H,28,29). The average molecular weight is 452 g/mol. The molecule has 11 heteroatoms. The van der Waals surface area contributed by atoms with E-state index in [0.717, 1.165) is 30.7 Å². The highest BCUT2D eigenvalue weighted by molar-refractivity contribution is 6.46. The first-order chi connectivity index (χ1) is 15.0. The molecule has 2 aromatic rings.